The van der Waals surface area contributed by atoms with Gasteiger partial charge in [0, 0.05) is 18.6 Å². The lowest BCUT2D eigenvalue weighted by Crippen LogP contribution is -2.26. The lowest BCUT2D eigenvalue weighted by Gasteiger charge is -2.17. The Bertz CT molecular complexity index is 493. The summed E-state index contributed by atoms with van der Waals surface area (Å²) in [5, 5.41) is 1.97. The molecule has 0 unspecified atom stereocenters. The third-order valence-corrected chi connectivity index (χ3v) is 2.91. The largest absolute Gasteiger partial charge is 0.317 e. The standard InChI is InChI=1S/C10H11BrClN3/c1-14(2)15-9-5-7(11)3-4-8(9)13-10(15)6-12/h3-5H,6H2,1-2H3. The van der Waals surface area contributed by atoms with Gasteiger partial charge in [-0.15, -0.1) is 11.6 Å². The number of aromatic nitrogens is 2. The van der Waals surface area contributed by atoms with Crippen LogP contribution in [0.4, 0.5) is 0 Å². The van der Waals surface area contributed by atoms with Gasteiger partial charge in [-0.1, -0.05) is 15.9 Å². The fraction of sp³-hybridized carbons (Fsp3) is 0.300. The van der Waals surface area contributed by atoms with Gasteiger partial charge in [-0.05, 0) is 18.2 Å². The maximum absolute atomic E-state index is 5.87. The van der Waals surface area contributed by atoms with Crippen molar-refractivity contribution >= 4 is 38.6 Å². The molecule has 0 radical (unpaired) electrons. The highest BCUT2D eigenvalue weighted by atomic mass is 79.9. The Labute approximate surface area is 102 Å². The lowest BCUT2D eigenvalue weighted by atomic mass is 10.3. The minimum atomic E-state index is 0.407. The van der Waals surface area contributed by atoms with Crippen molar-refractivity contribution in [3.05, 3.63) is 28.5 Å². The molecule has 5 heteroatoms. The van der Waals surface area contributed by atoms with Crippen LogP contribution in [0.25, 0.3) is 11.0 Å². The van der Waals surface area contributed by atoms with E-state index in [1.807, 2.05) is 42.0 Å². The summed E-state index contributed by atoms with van der Waals surface area (Å²) < 4.78 is 3.05. The van der Waals surface area contributed by atoms with Gasteiger partial charge in [-0.3, -0.25) is 0 Å². The van der Waals surface area contributed by atoms with Crippen LogP contribution in [0.1, 0.15) is 5.82 Å². The summed E-state index contributed by atoms with van der Waals surface area (Å²) in [6, 6.07) is 6.00. The molecule has 1 aromatic carbocycles. The normalized spacial score (nSPS) is 10.9. The first kappa shape index (κ1) is 10.8. The van der Waals surface area contributed by atoms with Crippen molar-refractivity contribution in [3.63, 3.8) is 0 Å². The fourth-order valence-electron chi connectivity index (χ4n) is 1.62. The molecule has 2 aromatic rings. The zero-order valence-corrected chi connectivity index (χ0v) is 10.9. The van der Waals surface area contributed by atoms with Crippen LogP contribution in [0.2, 0.25) is 0 Å². The third-order valence-electron chi connectivity index (χ3n) is 2.18. The molecule has 3 nitrogen and oxygen atoms in total. The van der Waals surface area contributed by atoms with Crippen molar-refractivity contribution in [1.82, 2.24) is 9.66 Å². The van der Waals surface area contributed by atoms with E-state index in [-0.39, 0.29) is 0 Å². The molecule has 0 spiro atoms. The summed E-state index contributed by atoms with van der Waals surface area (Å²) in [7, 11) is 3.94. The van der Waals surface area contributed by atoms with E-state index in [1.165, 1.54) is 0 Å². The second-order valence-electron chi connectivity index (χ2n) is 3.45. The van der Waals surface area contributed by atoms with Crippen LogP contribution in [-0.2, 0) is 5.88 Å². The quantitative estimate of drug-likeness (QED) is 0.792. The smallest absolute Gasteiger partial charge is 0.143 e. The van der Waals surface area contributed by atoms with Gasteiger partial charge in [0.2, 0.25) is 0 Å². The van der Waals surface area contributed by atoms with Gasteiger partial charge in [0.15, 0.2) is 0 Å². The number of imidazole rings is 1. The number of hydrogen-bond acceptors (Lipinski definition) is 2. The van der Waals surface area contributed by atoms with Gasteiger partial charge < -0.3 is 5.01 Å². The predicted octanol–water partition coefficient (Wildman–Crippen LogP) is 2.74. The predicted molar refractivity (Wildman–Crippen MR) is 67.1 cm³/mol. The molecular formula is C10H11BrClN3. The minimum absolute atomic E-state index is 0.407. The number of halogens is 2. The van der Waals surface area contributed by atoms with Gasteiger partial charge >= 0.3 is 0 Å². The Morgan fingerprint density at radius 3 is 2.80 bits per heavy atom. The first-order valence-electron chi connectivity index (χ1n) is 4.54. The van der Waals surface area contributed by atoms with Crippen molar-refractivity contribution in [2.45, 2.75) is 5.88 Å². The van der Waals surface area contributed by atoms with E-state index in [1.54, 1.807) is 0 Å². The second-order valence-corrected chi connectivity index (χ2v) is 4.64. The maximum Gasteiger partial charge on any atom is 0.143 e. The summed E-state index contributed by atoms with van der Waals surface area (Å²) >= 11 is 9.32. The Morgan fingerprint density at radius 2 is 2.20 bits per heavy atom. The van der Waals surface area contributed by atoms with Gasteiger partial charge in [0.25, 0.3) is 0 Å². The fourth-order valence-corrected chi connectivity index (χ4v) is 2.14. The van der Waals surface area contributed by atoms with E-state index in [0.29, 0.717) is 5.88 Å². The highest BCUT2D eigenvalue weighted by molar-refractivity contribution is 9.10. The summed E-state index contributed by atoms with van der Waals surface area (Å²) in [6.07, 6.45) is 0. The molecule has 0 aliphatic heterocycles. The molecule has 2 rings (SSSR count). The minimum Gasteiger partial charge on any atom is -0.317 e. The maximum atomic E-state index is 5.87. The molecule has 0 atom stereocenters. The molecule has 0 N–H and O–H groups in total. The highest BCUT2D eigenvalue weighted by Gasteiger charge is 2.11. The van der Waals surface area contributed by atoms with Crippen molar-refractivity contribution in [2.75, 3.05) is 19.1 Å². The summed E-state index contributed by atoms with van der Waals surface area (Å²) in [6.45, 7) is 0. The SMILES string of the molecule is CN(C)n1c(CCl)nc2ccc(Br)cc21. The highest BCUT2D eigenvalue weighted by Crippen LogP contribution is 2.21. The zero-order chi connectivity index (χ0) is 11.0. The van der Waals surface area contributed by atoms with E-state index in [4.69, 9.17) is 11.6 Å². The number of fused-ring (bicyclic) bond motifs is 1. The molecule has 0 amide bonds. The number of rotatable bonds is 2. The van der Waals surface area contributed by atoms with Gasteiger partial charge in [-0.2, -0.15) is 0 Å². The Kier molecular flexibility index (Phi) is 2.89. The van der Waals surface area contributed by atoms with Crippen LogP contribution >= 0.6 is 27.5 Å². The van der Waals surface area contributed by atoms with E-state index in [9.17, 15) is 0 Å². The third kappa shape index (κ3) is 1.84. The Hall–Kier alpha value is -0.740. The average molecular weight is 289 g/mol. The van der Waals surface area contributed by atoms with Crippen LogP contribution in [0.15, 0.2) is 22.7 Å². The van der Waals surface area contributed by atoms with Crippen LogP contribution in [0, 0.1) is 0 Å². The van der Waals surface area contributed by atoms with E-state index < -0.39 is 0 Å². The number of benzene rings is 1. The first-order valence-corrected chi connectivity index (χ1v) is 5.86. The Morgan fingerprint density at radius 1 is 1.47 bits per heavy atom. The van der Waals surface area contributed by atoms with E-state index in [2.05, 4.69) is 20.9 Å². The van der Waals surface area contributed by atoms with E-state index >= 15 is 0 Å². The van der Waals surface area contributed by atoms with Gasteiger partial charge in [-0.25, -0.2) is 9.66 Å². The lowest BCUT2D eigenvalue weighted by molar-refractivity contribution is 0.719. The van der Waals surface area contributed by atoms with Crippen molar-refractivity contribution in [2.24, 2.45) is 0 Å². The van der Waals surface area contributed by atoms with Gasteiger partial charge in [0.1, 0.15) is 5.82 Å². The topological polar surface area (TPSA) is 21.1 Å². The number of hydrogen-bond donors (Lipinski definition) is 0. The van der Waals surface area contributed by atoms with Crippen molar-refractivity contribution in [3.8, 4) is 0 Å². The molecule has 0 fully saturated rings. The molecule has 80 valence electrons. The second kappa shape index (κ2) is 4.02. The molecule has 15 heavy (non-hydrogen) atoms. The van der Waals surface area contributed by atoms with Crippen LogP contribution in [-0.4, -0.2) is 23.8 Å². The Balaban J connectivity index is 2.76. The summed E-state index contributed by atoms with van der Waals surface area (Å²) in [4.78, 5) is 4.46. The zero-order valence-electron chi connectivity index (χ0n) is 8.54. The van der Waals surface area contributed by atoms with Crippen LogP contribution < -0.4 is 5.01 Å². The molecule has 0 aliphatic rings. The molecule has 0 saturated heterocycles. The molecule has 1 heterocycles. The number of alkyl halides is 1. The van der Waals surface area contributed by atoms with Crippen LogP contribution in [0.3, 0.4) is 0 Å². The van der Waals surface area contributed by atoms with E-state index in [0.717, 1.165) is 21.3 Å². The molecular weight excluding hydrogens is 277 g/mol. The number of nitrogens with zero attached hydrogens (tertiary/aromatic N) is 3. The average Bonchev–Trinajstić information content (AvgIpc) is 2.55. The van der Waals surface area contributed by atoms with Crippen molar-refractivity contribution < 1.29 is 0 Å². The molecule has 0 saturated carbocycles. The van der Waals surface area contributed by atoms with Crippen LogP contribution in [0.5, 0.6) is 0 Å². The molecule has 0 bridgehead atoms. The molecule has 0 aliphatic carbocycles. The summed E-state index contributed by atoms with van der Waals surface area (Å²) in [5.74, 6) is 1.26. The van der Waals surface area contributed by atoms with Gasteiger partial charge in [0.05, 0.1) is 16.9 Å². The molecule has 1 aromatic heterocycles. The summed E-state index contributed by atoms with van der Waals surface area (Å²) in [5.41, 5.74) is 2.02. The first-order chi connectivity index (χ1) is 7.13. The van der Waals surface area contributed by atoms with Crippen molar-refractivity contribution in [1.29, 1.82) is 0 Å². The monoisotopic (exact) mass is 287 g/mol.